The Labute approximate surface area is 101 Å². The van der Waals surface area contributed by atoms with Crippen molar-refractivity contribution in [2.75, 3.05) is 0 Å². The molecule has 0 bridgehead atoms. The van der Waals surface area contributed by atoms with Crippen molar-refractivity contribution < 1.29 is 8.42 Å². The van der Waals surface area contributed by atoms with Crippen molar-refractivity contribution in [1.29, 1.82) is 0 Å². The Morgan fingerprint density at radius 1 is 1.35 bits per heavy atom. The molecule has 2 rings (SSSR count). The van der Waals surface area contributed by atoms with Crippen molar-refractivity contribution in [2.45, 2.75) is 50.7 Å². The van der Waals surface area contributed by atoms with Gasteiger partial charge in [0.2, 0.25) is 0 Å². The summed E-state index contributed by atoms with van der Waals surface area (Å²) in [7, 11) is -3.83. The molecule has 0 spiro atoms. The summed E-state index contributed by atoms with van der Waals surface area (Å²) >= 11 is 0. The molecular weight excluding hydrogens is 240 g/mol. The van der Waals surface area contributed by atoms with Gasteiger partial charge in [0.1, 0.15) is 5.82 Å². The van der Waals surface area contributed by atoms with Crippen LogP contribution in [0.1, 0.15) is 45.9 Å². The van der Waals surface area contributed by atoms with Crippen LogP contribution in [0.4, 0.5) is 0 Å². The van der Waals surface area contributed by atoms with Crippen LogP contribution in [0.5, 0.6) is 0 Å². The summed E-state index contributed by atoms with van der Waals surface area (Å²) in [6.45, 7) is 7.87. The first-order chi connectivity index (χ1) is 7.62. The molecule has 17 heavy (non-hydrogen) atoms. The van der Waals surface area contributed by atoms with Gasteiger partial charge in [0.05, 0.1) is 0 Å². The van der Waals surface area contributed by atoms with E-state index in [1.165, 1.54) is 0 Å². The second kappa shape index (κ2) is 3.52. The lowest BCUT2D eigenvalue weighted by Gasteiger charge is -2.24. The molecule has 7 heteroatoms. The van der Waals surface area contributed by atoms with Crippen LogP contribution < -0.4 is 5.14 Å². The third-order valence-corrected chi connectivity index (χ3v) is 3.80. The van der Waals surface area contributed by atoms with E-state index in [0.717, 1.165) is 12.2 Å². The Kier molecular flexibility index (Phi) is 2.59. The molecule has 0 aromatic carbocycles. The van der Waals surface area contributed by atoms with Crippen LogP contribution in [-0.4, -0.2) is 23.2 Å². The van der Waals surface area contributed by atoms with E-state index in [2.05, 4.69) is 17.1 Å². The molecule has 2 N–H and O–H groups in total. The predicted octanol–water partition coefficient (Wildman–Crippen LogP) is 0.804. The quantitative estimate of drug-likeness (QED) is 0.849. The lowest BCUT2D eigenvalue weighted by Crippen LogP contribution is -2.30. The van der Waals surface area contributed by atoms with Gasteiger partial charge >= 0.3 is 0 Å². The van der Waals surface area contributed by atoms with Crippen LogP contribution >= 0.6 is 0 Å². The third-order valence-electron chi connectivity index (χ3n) is 3.02. The van der Waals surface area contributed by atoms with E-state index in [1.807, 2.05) is 20.8 Å². The minimum Gasteiger partial charge on any atom is -0.295 e. The van der Waals surface area contributed by atoms with Crippen LogP contribution in [0.15, 0.2) is 5.16 Å². The number of hydrogen-bond donors (Lipinski definition) is 1. The molecule has 96 valence electrons. The zero-order valence-electron chi connectivity index (χ0n) is 10.5. The van der Waals surface area contributed by atoms with Gasteiger partial charge in [-0.3, -0.25) is 4.57 Å². The first-order valence-electron chi connectivity index (χ1n) is 5.61. The first kappa shape index (κ1) is 12.5. The molecular formula is C10H18N4O2S. The fraction of sp³-hybridized carbons (Fsp3) is 0.800. The number of aromatic nitrogens is 3. The molecule has 1 saturated carbocycles. The normalized spacial score (nSPS) is 25.0. The summed E-state index contributed by atoms with van der Waals surface area (Å²) in [6.07, 6.45) is 1.03. The van der Waals surface area contributed by atoms with Crippen LogP contribution in [0.25, 0.3) is 0 Å². The smallest absolute Gasteiger partial charge is 0.273 e. The van der Waals surface area contributed by atoms with Gasteiger partial charge in [-0.2, -0.15) is 0 Å². The zero-order valence-corrected chi connectivity index (χ0v) is 11.3. The minimum absolute atomic E-state index is 0.140. The highest BCUT2D eigenvalue weighted by molar-refractivity contribution is 7.89. The lowest BCUT2D eigenvalue weighted by molar-refractivity contribution is 0.349. The summed E-state index contributed by atoms with van der Waals surface area (Å²) in [4.78, 5) is 0. The van der Waals surface area contributed by atoms with Gasteiger partial charge in [-0.1, -0.05) is 6.92 Å². The molecule has 2 atom stereocenters. The molecule has 1 heterocycles. The standard InChI is InChI=1S/C10H18N4O2S/c1-6-5-7(6)8-12-13-9(17(11,15)16)14(8)10(2,3)4/h6-7H,5H2,1-4H3,(H2,11,15,16). The average molecular weight is 258 g/mol. The van der Waals surface area contributed by atoms with Gasteiger partial charge in [-0.25, -0.2) is 13.6 Å². The summed E-state index contributed by atoms with van der Waals surface area (Å²) in [5.74, 6) is 1.57. The number of nitrogens with zero attached hydrogens (tertiary/aromatic N) is 3. The highest BCUT2D eigenvalue weighted by Crippen LogP contribution is 2.47. The largest absolute Gasteiger partial charge is 0.295 e. The van der Waals surface area contributed by atoms with Gasteiger partial charge in [-0.05, 0) is 33.1 Å². The second-order valence-corrected chi connectivity index (χ2v) is 7.17. The van der Waals surface area contributed by atoms with E-state index in [9.17, 15) is 8.42 Å². The first-order valence-corrected chi connectivity index (χ1v) is 7.15. The van der Waals surface area contributed by atoms with E-state index in [-0.39, 0.29) is 5.16 Å². The van der Waals surface area contributed by atoms with Crippen LogP contribution in [0.3, 0.4) is 0 Å². The Balaban J connectivity index is 2.60. The molecule has 0 radical (unpaired) electrons. The van der Waals surface area contributed by atoms with Gasteiger partial charge in [0.25, 0.3) is 15.2 Å². The average Bonchev–Trinajstić information content (AvgIpc) is 2.69. The maximum Gasteiger partial charge on any atom is 0.273 e. The van der Waals surface area contributed by atoms with Gasteiger partial charge < -0.3 is 0 Å². The van der Waals surface area contributed by atoms with Crippen molar-refractivity contribution in [3.05, 3.63) is 5.82 Å². The van der Waals surface area contributed by atoms with Crippen molar-refractivity contribution >= 4 is 10.0 Å². The molecule has 1 aromatic heterocycles. The van der Waals surface area contributed by atoms with E-state index in [0.29, 0.717) is 11.8 Å². The summed E-state index contributed by atoms with van der Waals surface area (Å²) in [6, 6.07) is 0. The second-order valence-electron chi connectivity index (χ2n) is 5.71. The molecule has 0 amide bonds. The van der Waals surface area contributed by atoms with Crippen LogP contribution in [0.2, 0.25) is 0 Å². The predicted molar refractivity (Wildman–Crippen MR) is 62.9 cm³/mol. The van der Waals surface area contributed by atoms with Gasteiger partial charge in [-0.15, -0.1) is 10.2 Å². The van der Waals surface area contributed by atoms with Crippen molar-refractivity contribution in [3.63, 3.8) is 0 Å². The minimum atomic E-state index is -3.83. The van der Waals surface area contributed by atoms with E-state index < -0.39 is 15.6 Å². The molecule has 1 aliphatic carbocycles. The Morgan fingerprint density at radius 3 is 2.24 bits per heavy atom. The number of primary sulfonamides is 1. The van der Waals surface area contributed by atoms with Crippen molar-refractivity contribution in [1.82, 2.24) is 14.8 Å². The Hall–Kier alpha value is -0.950. The SMILES string of the molecule is CC1CC1c1nnc(S(N)(=O)=O)n1C(C)(C)C. The third kappa shape index (κ3) is 2.21. The Bertz CT molecular complexity index is 541. The molecule has 6 nitrogen and oxygen atoms in total. The monoisotopic (exact) mass is 258 g/mol. The Morgan fingerprint density at radius 2 is 1.88 bits per heavy atom. The highest BCUT2D eigenvalue weighted by atomic mass is 32.2. The fourth-order valence-corrected chi connectivity index (χ4v) is 2.79. The highest BCUT2D eigenvalue weighted by Gasteiger charge is 2.41. The van der Waals surface area contributed by atoms with E-state index in [1.54, 1.807) is 4.57 Å². The molecule has 1 fully saturated rings. The number of sulfonamides is 1. The lowest BCUT2D eigenvalue weighted by atomic mass is 10.1. The fourth-order valence-electron chi connectivity index (χ4n) is 2.02. The molecule has 1 aliphatic rings. The maximum absolute atomic E-state index is 11.5. The number of hydrogen-bond acceptors (Lipinski definition) is 4. The van der Waals surface area contributed by atoms with Crippen LogP contribution in [-0.2, 0) is 15.6 Å². The number of nitrogens with two attached hydrogens (primary N) is 1. The number of rotatable bonds is 2. The van der Waals surface area contributed by atoms with Crippen molar-refractivity contribution in [3.8, 4) is 0 Å². The molecule has 0 aliphatic heterocycles. The van der Waals surface area contributed by atoms with Crippen molar-refractivity contribution in [2.24, 2.45) is 11.1 Å². The maximum atomic E-state index is 11.5. The summed E-state index contributed by atoms with van der Waals surface area (Å²) < 4.78 is 24.6. The van der Waals surface area contributed by atoms with E-state index in [4.69, 9.17) is 5.14 Å². The summed E-state index contributed by atoms with van der Waals surface area (Å²) in [5.41, 5.74) is -0.400. The van der Waals surface area contributed by atoms with E-state index >= 15 is 0 Å². The van der Waals surface area contributed by atoms with Crippen LogP contribution in [0, 0.1) is 5.92 Å². The topological polar surface area (TPSA) is 90.9 Å². The van der Waals surface area contributed by atoms with Gasteiger partial charge in [0.15, 0.2) is 0 Å². The molecule has 1 aromatic rings. The van der Waals surface area contributed by atoms with Gasteiger partial charge in [0, 0.05) is 11.5 Å². The summed E-state index contributed by atoms with van der Waals surface area (Å²) in [5, 5.41) is 12.8. The molecule has 0 saturated heterocycles. The molecule has 2 unspecified atom stereocenters. The zero-order chi connectivity index (χ0) is 13.0.